The molecule has 0 saturated carbocycles. The Morgan fingerprint density at radius 3 is 1.34 bits per heavy atom. The van der Waals surface area contributed by atoms with Crippen LogP contribution in [-0.2, 0) is 5.41 Å². The molecule has 324 valence electrons. The molecular weight excluding hydrogens is 841 g/mol. The Morgan fingerprint density at radius 1 is 0.313 bits per heavy atom. The van der Waals surface area contributed by atoms with E-state index in [0.717, 1.165) is 28.4 Å². The molecule has 0 unspecified atom stereocenters. The van der Waals surface area contributed by atoms with Gasteiger partial charge in [0.2, 0.25) is 0 Å². The molecular formula is C63H54N2Si2. The highest BCUT2D eigenvalue weighted by molar-refractivity contribution is 6.89. The molecule has 2 aliphatic rings. The van der Waals surface area contributed by atoms with Gasteiger partial charge in [-0.05, 0) is 140 Å². The number of anilines is 6. The van der Waals surface area contributed by atoms with Gasteiger partial charge in [-0.25, -0.2) is 0 Å². The van der Waals surface area contributed by atoms with Gasteiger partial charge in [-0.15, -0.1) is 0 Å². The van der Waals surface area contributed by atoms with Crippen LogP contribution in [-0.4, -0.2) is 16.1 Å². The first-order valence-electron chi connectivity index (χ1n) is 23.8. The number of benzene rings is 10. The van der Waals surface area contributed by atoms with E-state index in [-0.39, 0.29) is 0 Å². The normalized spacial score (nSPS) is 13.3. The van der Waals surface area contributed by atoms with Gasteiger partial charge in [0.05, 0.1) is 27.3 Å². The van der Waals surface area contributed by atoms with E-state index in [0.29, 0.717) is 0 Å². The maximum absolute atomic E-state index is 2.56. The molecule has 0 aromatic heterocycles. The molecule has 0 fully saturated rings. The number of hydrogen-bond acceptors (Lipinski definition) is 2. The Hall–Kier alpha value is -7.25. The van der Waals surface area contributed by atoms with Crippen LogP contribution in [0.3, 0.4) is 0 Å². The highest BCUT2D eigenvalue weighted by atomic mass is 28.3. The summed E-state index contributed by atoms with van der Waals surface area (Å²) in [6, 6.07) is 82.7. The molecule has 10 aromatic rings. The van der Waals surface area contributed by atoms with E-state index in [1.807, 2.05) is 0 Å². The zero-order valence-corrected chi connectivity index (χ0v) is 41.2. The van der Waals surface area contributed by atoms with Crippen LogP contribution in [0, 0.1) is 0 Å². The molecule has 12 rings (SSSR count). The lowest BCUT2D eigenvalue weighted by molar-refractivity contribution is 0.795. The van der Waals surface area contributed by atoms with Crippen LogP contribution in [0.25, 0.3) is 43.8 Å². The smallest absolute Gasteiger partial charge is 0.0775 e. The maximum atomic E-state index is 2.56. The summed E-state index contributed by atoms with van der Waals surface area (Å²) >= 11 is 0. The van der Waals surface area contributed by atoms with Crippen LogP contribution in [0.2, 0.25) is 39.3 Å². The molecule has 0 aliphatic heterocycles. The summed E-state index contributed by atoms with van der Waals surface area (Å²) in [6.07, 6.45) is 0. The van der Waals surface area contributed by atoms with E-state index in [9.17, 15) is 0 Å². The van der Waals surface area contributed by atoms with E-state index < -0.39 is 21.6 Å². The van der Waals surface area contributed by atoms with Gasteiger partial charge in [0.1, 0.15) is 0 Å². The van der Waals surface area contributed by atoms with E-state index >= 15 is 0 Å². The topological polar surface area (TPSA) is 6.48 Å². The summed E-state index contributed by atoms with van der Waals surface area (Å²) in [5.41, 5.74) is 16.9. The second-order valence-corrected chi connectivity index (χ2v) is 30.7. The lowest BCUT2D eigenvalue weighted by Gasteiger charge is -2.33. The van der Waals surface area contributed by atoms with Crippen molar-refractivity contribution in [2.45, 2.75) is 44.7 Å². The molecule has 0 radical (unpaired) electrons. The Balaban J connectivity index is 1.14. The monoisotopic (exact) mass is 894 g/mol. The lowest BCUT2D eigenvalue weighted by Crippen LogP contribution is -2.37. The maximum Gasteiger partial charge on any atom is 0.0775 e. The Kier molecular flexibility index (Phi) is 9.48. The van der Waals surface area contributed by atoms with Gasteiger partial charge in [0.15, 0.2) is 0 Å². The zero-order chi connectivity index (χ0) is 45.7. The van der Waals surface area contributed by atoms with Gasteiger partial charge in [-0.1, -0.05) is 189 Å². The van der Waals surface area contributed by atoms with E-state index in [2.05, 4.69) is 267 Å². The van der Waals surface area contributed by atoms with Crippen molar-refractivity contribution in [3.8, 4) is 22.3 Å². The first-order valence-corrected chi connectivity index (χ1v) is 30.8. The predicted octanol–water partition coefficient (Wildman–Crippen LogP) is 16.4. The molecule has 10 aromatic carbocycles. The molecule has 2 nitrogen and oxygen atoms in total. The number of nitrogens with zero attached hydrogens (tertiary/aromatic N) is 2. The van der Waals surface area contributed by atoms with Crippen molar-refractivity contribution < 1.29 is 0 Å². The van der Waals surface area contributed by atoms with Crippen LogP contribution >= 0.6 is 0 Å². The molecule has 2 aliphatic carbocycles. The molecule has 0 atom stereocenters. The van der Waals surface area contributed by atoms with Gasteiger partial charge in [-0.2, -0.15) is 0 Å². The second-order valence-electron chi connectivity index (χ2n) is 20.6. The van der Waals surface area contributed by atoms with Crippen LogP contribution in [0.5, 0.6) is 0 Å². The number of rotatable bonds is 8. The summed E-state index contributed by atoms with van der Waals surface area (Å²) in [5.74, 6) is 0. The van der Waals surface area contributed by atoms with Crippen LogP contribution in [0.1, 0.15) is 22.3 Å². The Bertz CT molecular complexity index is 3480. The summed E-state index contributed by atoms with van der Waals surface area (Å²) < 4.78 is 0. The van der Waals surface area contributed by atoms with Crippen molar-refractivity contribution in [3.05, 3.63) is 241 Å². The Labute approximate surface area is 397 Å². The van der Waals surface area contributed by atoms with Gasteiger partial charge in [0.25, 0.3) is 0 Å². The van der Waals surface area contributed by atoms with Crippen LogP contribution in [0.15, 0.2) is 218 Å². The third-order valence-electron chi connectivity index (χ3n) is 14.5. The molecule has 67 heavy (non-hydrogen) atoms. The van der Waals surface area contributed by atoms with Crippen molar-refractivity contribution >= 4 is 82.2 Å². The summed E-state index contributed by atoms with van der Waals surface area (Å²) in [6.45, 7) is 14.5. The lowest BCUT2D eigenvalue weighted by atomic mass is 9.70. The minimum Gasteiger partial charge on any atom is -0.310 e. The fraction of sp³-hybridized carbons (Fsp3) is 0.111. The van der Waals surface area contributed by atoms with Crippen molar-refractivity contribution in [1.82, 2.24) is 0 Å². The quantitative estimate of drug-likeness (QED) is 0.140. The SMILES string of the molecule is C[Si](C)(C)c1ccc(N(c2ccccc2)c2ccc3cc4c(cc3c2)C2(c3ccccc3-c3ccccc32)c2cc(N(c3ccccc3)c3ccc([Si](C)(C)C)cc3)c3ccccc3c2-4)cc1. The van der Waals surface area contributed by atoms with Crippen molar-refractivity contribution in [2.75, 3.05) is 9.80 Å². The highest BCUT2D eigenvalue weighted by Crippen LogP contribution is 2.65. The fourth-order valence-electron chi connectivity index (χ4n) is 11.3. The second kappa shape index (κ2) is 15.4. The predicted molar refractivity (Wildman–Crippen MR) is 293 cm³/mol. The molecule has 4 heteroatoms. The largest absolute Gasteiger partial charge is 0.310 e. The Morgan fingerprint density at radius 2 is 0.776 bits per heavy atom. The average Bonchev–Trinajstić information content (AvgIpc) is 3.80. The van der Waals surface area contributed by atoms with Crippen molar-refractivity contribution in [3.63, 3.8) is 0 Å². The fourth-order valence-corrected chi connectivity index (χ4v) is 13.6. The van der Waals surface area contributed by atoms with Gasteiger partial charge in [-0.3, -0.25) is 0 Å². The standard InChI is InChI=1S/C63H54N2Si2/c1-66(2,3)50-35-31-47(32-36-50)64(45-19-9-7-10-20-45)49-30-29-43-40-56-59(41-44(43)39-49)63(57-27-17-15-23-52(57)53-24-16-18-28-58(53)63)60-42-61(54-25-13-14-26-55(54)62(56)60)65(46-21-11-8-12-22-46)48-33-37-51(38-34-48)67(4,5)6/h7-42H,1-6H3. The van der Waals surface area contributed by atoms with Crippen LogP contribution in [0.4, 0.5) is 34.1 Å². The zero-order valence-electron chi connectivity index (χ0n) is 39.2. The van der Waals surface area contributed by atoms with Gasteiger partial charge < -0.3 is 9.80 Å². The van der Waals surface area contributed by atoms with Gasteiger partial charge >= 0.3 is 0 Å². The van der Waals surface area contributed by atoms with Crippen LogP contribution < -0.4 is 20.2 Å². The first kappa shape index (κ1) is 41.2. The summed E-state index contributed by atoms with van der Waals surface area (Å²) in [4.78, 5) is 4.91. The molecule has 0 heterocycles. The molecule has 0 amide bonds. The first-order chi connectivity index (χ1) is 32.5. The molecule has 1 spiro atoms. The highest BCUT2D eigenvalue weighted by Gasteiger charge is 2.52. The number of hydrogen-bond donors (Lipinski definition) is 0. The number of para-hydroxylation sites is 2. The minimum atomic E-state index is -1.53. The summed E-state index contributed by atoms with van der Waals surface area (Å²) in [5, 5.41) is 7.87. The molecule has 0 N–H and O–H groups in total. The number of fused-ring (bicyclic) bond motifs is 13. The minimum absolute atomic E-state index is 0.559. The third-order valence-corrected chi connectivity index (χ3v) is 18.7. The third kappa shape index (κ3) is 6.49. The molecule has 0 saturated heterocycles. The average molecular weight is 895 g/mol. The van der Waals surface area contributed by atoms with E-state index in [1.54, 1.807) is 0 Å². The van der Waals surface area contributed by atoms with Gasteiger partial charge in [0, 0.05) is 33.8 Å². The van der Waals surface area contributed by atoms with Crippen molar-refractivity contribution in [1.29, 1.82) is 0 Å². The van der Waals surface area contributed by atoms with E-state index in [4.69, 9.17) is 0 Å². The van der Waals surface area contributed by atoms with Crippen molar-refractivity contribution in [2.24, 2.45) is 0 Å². The van der Waals surface area contributed by atoms with E-state index in [1.165, 1.54) is 82.1 Å². The molecule has 0 bridgehead atoms. The summed E-state index contributed by atoms with van der Waals surface area (Å²) in [7, 11) is -3.01.